The molecule has 5 nitrogen and oxygen atoms in total. The third-order valence-electron chi connectivity index (χ3n) is 3.67. The number of halogens is 2. The van der Waals surface area contributed by atoms with Gasteiger partial charge >= 0.3 is 0 Å². The van der Waals surface area contributed by atoms with Crippen LogP contribution in [0, 0.1) is 5.92 Å². The fraction of sp³-hybridized carbons (Fsp3) is 0.562. The molecule has 7 heteroatoms. The standard InChI is InChI=1S/C16H24BrN3O2.HI/c1-18-16(20-9-7-13(11-20)12-21-2)19-8-10-22-15-5-3-14(17)4-6-15;/h3-6,13H,7-12H2,1-2H3,(H,18,19);1H. The van der Waals surface area contributed by atoms with Gasteiger partial charge in [0, 0.05) is 37.6 Å². The fourth-order valence-electron chi connectivity index (χ4n) is 2.59. The van der Waals surface area contributed by atoms with Crippen molar-refractivity contribution in [3.05, 3.63) is 28.7 Å². The summed E-state index contributed by atoms with van der Waals surface area (Å²) in [4.78, 5) is 6.63. The maximum atomic E-state index is 5.70. The summed E-state index contributed by atoms with van der Waals surface area (Å²) < 4.78 is 12.0. The van der Waals surface area contributed by atoms with Crippen LogP contribution in [0.2, 0.25) is 0 Å². The largest absolute Gasteiger partial charge is 0.492 e. The van der Waals surface area contributed by atoms with Gasteiger partial charge in [0.05, 0.1) is 13.2 Å². The molecular weight excluding hydrogens is 473 g/mol. The lowest BCUT2D eigenvalue weighted by atomic mass is 10.1. The Hall–Kier alpha value is -0.540. The van der Waals surface area contributed by atoms with Crippen LogP contribution in [0.1, 0.15) is 6.42 Å². The van der Waals surface area contributed by atoms with Crippen molar-refractivity contribution < 1.29 is 9.47 Å². The zero-order chi connectivity index (χ0) is 15.8. The van der Waals surface area contributed by atoms with Gasteiger partial charge < -0.3 is 19.7 Å². The Morgan fingerprint density at radius 2 is 2.13 bits per heavy atom. The minimum absolute atomic E-state index is 0. The second kappa shape index (κ2) is 11.1. The molecule has 1 atom stereocenters. The molecule has 1 N–H and O–H groups in total. The first kappa shape index (κ1) is 20.5. The molecule has 0 saturated carbocycles. The number of benzene rings is 1. The average Bonchev–Trinajstić information content (AvgIpc) is 2.98. The quantitative estimate of drug-likeness (QED) is 0.284. The maximum Gasteiger partial charge on any atom is 0.193 e. The SMILES string of the molecule is CN=C(NCCOc1ccc(Br)cc1)N1CCC(COC)C1.I. The predicted molar refractivity (Wildman–Crippen MR) is 108 cm³/mol. The van der Waals surface area contributed by atoms with Gasteiger partial charge in [0.1, 0.15) is 12.4 Å². The number of ether oxygens (including phenoxy) is 2. The molecule has 0 bridgehead atoms. The molecule has 1 aliphatic heterocycles. The van der Waals surface area contributed by atoms with Crippen molar-refractivity contribution in [2.24, 2.45) is 10.9 Å². The normalized spacial score (nSPS) is 17.8. The van der Waals surface area contributed by atoms with Crippen LogP contribution in [0.3, 0.4) is 0 Å². The number of nitrogens with one attached hydrogen (secondary N) is 1. The van der Waals surface area contributed by atoms with E-state index in [9.17, 15) is 0 Å². The lowest BCUT2D eigenvalue weighted by Gasteiger charge is -2.21. The van der Waals surface area contributed by atoms with Gasteiger partial charge in [-0.05, 0) is 30.7 Å². The summed E-state index contributed by atoms with van der Waals surface area (Å²) in [7, 11) is 3.58. The monoisotopic (exact) mass is 497 g/mol. The minimum Gasteiger partial charge on any atom is -0.492 e. The van der Waals surface area contributed by atoms with Crippen LogP contribution in [0.5, 0.6) is 5.75 Å². The highest BCUT2D eigenvalue weighted by atomic mass is 127. The Morgan fingerprint density at radius 3 is 2.78 bits per heavy atom. The third kappa shape index (κ3) is 6.84. The molecular formula is C16H25BrIN3O2. The highest BCUT2D eigenvalue weighted by Crippen LogP contribution is 2.17. The number of aliphatic imine (C=N–C) groups is 1. The summed E-state index contributed by atoms with van der Waals surface area (Å²) in [5.41, 5.74) is 0. The first-order valence-corrected chi connectivity index (χ1v) is 8.35. The van der Waals surface area contributed by atoms with E-state index < -0.39 is 0 Å². The van der Waals surface area contributed by atoms with E-state index in [1.54, 1.807) is 7.11 Å². The van der Waals surface area contributed by atoms with Crippen LogP contribution in [-0.2, 0) is 4.74 Å². The fourth-order valence-corrected chi connectivity index (χ4v) is 2.86. The number of methoxy groups -OCH3 is 1. The molecule has 1 saturated heterocycles. The maximum absolute atomic E-state index is 5.70. The first-order chi connectivity index (χ1) is 10.7. The third-order valence-corrected chi connectivity index (χ3v) is 4.20. The predicted octanol–water partition coefficient (Wildman–Crippen LogP) is 2.99. The number of nitrogens with zero attached hydrogens (tertiary/aromatic N) is 2. The van der Waals surface area contributed by atoms with Gasteiger partial charge in [-0.25, -0.2) is 0 Å². The van der Waals surface area contributed by atoms with Crippen molar-refractivity contribution in [3.63, 3.8) is 0 Å². The molecule has 0 radical (unpaired) electrons. The van der Waals surface area contributed by atoms with Gasteiger partial charge in [-0.3, -0.25) is 4.99 Å². The molecule has 1 fully saturated rings. The van der Waals surface area contributed by atoms with E-state index in [0.29, 0.717) is 12.5 Å². The molecule has 2 rings (SSSR count). The highest BCUT2D eigenvalue weighted by Gasteiger charge is 2.24. The number of likely N-dealkylation sites (tertiary alicyclic amines) is 1. The van der Waals surface area contributed by atoms with Gasteiger partial charge in [-0.2, -0.15) is 0 Å². The average molecular weight is 498 g/mol. The van der Waals surface area contributed by atoms with Crippen LogP contribution in [0.4, 0.5) is 0 Å². The van der Waals surface area contributed by atoms with Gasteiger partial charge in [-0.1, -0.05) is 15.9 Å². The van der Waals surface area contributed by atoms with Crippen LogP contribution < -0.4 is 10.1 Å². The smallest absolute Gasteiger partial charge is 0.193 e. The topological polar surface area (TPSA) is 46.1 Å². The minimum atomic E-state index is 0. The molecule has 0 spiro atoms. The Labute approximate surface area is 164 Å². The molecule has 0 aromatic heterocycles. The van der Waals surface area contributed by atoms with Crippen molar-refractivity contribution >= 4 is 45.9 Å². The summed E-state index contributed by atoms with van der Waals surface area (Å²) >= 11 is 3.41. The number of guanidine groups is 1. The molecule has 1 aromatic rings. The summed E-state index contributed by atoms with van der Waals surface area (Å²) in [5, 5.41) is 3.36. The van der Waals surface area contributed by atoms with Gasteiger partial charge in [-0.15, -0.1) is 24.0 Å². The van der Waals surface area contributed by atoms with E-state index in [0.717, 1.165) is 48.8 Å². The van der Waals surface area contributed by atoms with Crippen LogP contribution in [0.25, 0.3) is 0 Å². The lowest BCUT2D eigenvalue weighted by Crippen LogP contribution is -2.41. The zero-order valence-corrected chi connectivity index (χ0v) is 17.5. The Balaban J connectivity index is 0.00000264. The number of rotatable bonds is 6. The first-order valence-electron chi connectivity index (χ1n) is 7.56. The molecule has 1 heterocycles. The van der Waals surface area contributed by atoms with E-state index in [2.05, 4.69) is 31.1 Å². The van der Waals surface area contributed by atoms with Crippen LogP contribution >= 0.6 is 39.9 Å². The second-order valence-electron chi connectivity index (χ2n) is 5.33. The summed E-state index contributed by atoms with van der Waals surface area (Å²) in [5.74, 6) is 2.42. The number of hydrogen-bond donors (Lipinski definition) is 1. The van der Waals surface area contributed by atoms with Gasteiger partial charge in [0.15, 0.2) is 5.96 Å². The summed E-state index contributed by atoms with van der Waals surface area (Å²) in [6.07, 6.45) is 1.16. The van der Waals surface area contributed by atoms with E-state index >= 15 is 0 Å². The van der Waals surface area contributed by atoms with Crippen LogP contribution in [-0.4, -0.2) is 57.9 Å². The van der Waals surface area contributed by atoms with E-state index in [1.807, 2.05) is 31.3 Å². The van der Waals surface area contributed by atoms with Crippen molar-refractivity contribution in [2.75, 3.05) is 47.0 Å². The Morgan fingerprint density at radius 1 is 1.39 bits per heavy atom. The molecule has 1 unspecified atom stereocenters. The van der Waals surface area contributed by atoms with Gasteiger partial charge in [0.25, 0.3) is 0 Å². The molecule has 1 aliphatic rings. The summed E-state index contributed by atoms with van der Waals surface area (Å²) in [6.45, 7) is 4.19. The van der Waals surface area contributed by atoms with Crippen molar-refractivity contribution in [1.82, 2.24) is 10.2 Å². The molecule has 130 valence electrons. The Kier molecular flexibility index (Phi) is 9.89. The second-order valence-corrected chi connectivity index (χ2v) is 6.25. The Bertz CT molecular complexity index is 485. The lowest BCUT2D eigenvalue weighted by molar-refractivity contribution is 0.157. The van der Waals surface area contributed by atoms with E-state index in [-0.39, 0.29) is 24.0 Å². The number of hydrogen-bond acceptors (Lipinski definition) is 3. The van der Waals surface area contributed by atoms with Crippen LogP contribution in [0.15, 0.2) is 33.7 Å². The van der Waals surface area contributed by atoms with E-state index in [1.165, 1.54) is 0 Å². The highest BCUT2D eigenvalue weighted by molar-refractivity contribution is 14.0. The molecule has 0 aliphatic carbocycles. The summed E-state index contributed by atoms with van der Waals surface area (Å²) in [6, 6.07) is 7.85. The zero-order valence-electron chi connectivity index (χ0n) is 13.6. The molecule has 1 aromatic carbocycles. The molecule has 0 amide bonds. The molecule has 23 heavy (non-hydrogen) atoms. The van der Waals surface area contributed by atoms with Crippen molar-refractivity contribution in [1.29, 1.82) is 0 Å². The van der Waals surface area contributed by atoms with Crippen molar-refractivity contribution in [3.8, 4) is 5.75 Å². The van der Waals surface area contributed by atoms with E-state index in [4.69, 9.17) is 9.47 Å². The van der Waals surface area contributed by atoms with Gasteiger partial charge in [0.2, 0.25) is 0 Å². The van der Waals surface area contributed by atoms with Crippen molar-refractivity contribution in [2.45, 2.75) is 6.42 Å².